The first-order valence-electron chi connectivity index (χ1n) is 2.68. The predicted molar refractivity (Wildman–Crippen MR) is 45.9 cm³/mol. The van der Waals surface area contributed by atoms with Crippen molar-refractivity contribution in [1.82, 2.24) is 4.98 Å². The van der Waals surface area contributed by atoms with Gasteiger partial charge in [-0.1, -0.05) is 34.8 Å². The number of hydrogen-bond donors (Lipinski definition) is 0. The summed E-state index contributed by atoms with van der Waals surface area (Å²) in [7, 11) is 0. The summed E-state index contributed by atoms with van der Waals surface area (Å²) in [5.41, 5.74) is -0.355. The lowest BCUT2D eigenvalue weighted by Gasteiger charge is -1.96. The van der Waals surface area contributed by atoms with E-state index in [0.717, 1.165) is 6.07 Å². The van der Waals surface area contributed by atoms with Gasteiger partial charge >= 0.3 is 5.69 Å². The molecule has 0 aliphatic rings. The molecule has 12 heavy (non-hydrogen) atoms. The molecule has 0 unspecified atom stereocenters. The Hall–Kier alpha value is -0.580. The average Bonchev–Trinajstić information content (AvgIpc) is 1.96. The van der Waals surface area contributed by atoms with Gasteiger partial charge in [0, 0.05) is 6.07 Å². The van der Waals surface area contributed by atoms with Crippen LogP contribution in [0.1, 0.15) is 0 Å². The normalized spacial score (nSPS) is 9.92. The van der Waals surface area contributed by atoms with E-state index in [9.17, 15) is 10.1 Å². The third-order valence-corrected chi connectivity index (χ3v) is 2.02. The van der Waals surface area contributed by atoms with Crippen LogP contribution in [-0.4, -0.2) is 9.91 Å². The fourth-order valence-corrected chi connectivity index (χ4v) is 1.10. The summed E-state index contributed by atoms with van der Waals surface area (Å²) in [5.74, 6) is 0. The molecule has 0 N–H and O–H groups in total. The Balaban J connectivity index is 3.33. The lowest BCUT2D eigenvalue weighted by molar-refractivity contribution is -0.385. The molecule has 0 amide bonds. The van der Waals surface area contributed by atoms with Gasteiger partial charge in [-0.3, -0.25) is 10.1 Å². The van der Waals surface area contributed by atoms with E-state index in [-0.39, 0.29) is 21.0 Å². The van der Waals surface area contributed by atoms with Crippen molar-refractivity contribution in [3.63, 3.8) is 0 Å². The molecule has 0 atom stereocenters. The van der Waals surface area contributed by atoms with Crippen molar-refractivity contribution in [3.05, 3.63) is 31.5 Å². The number of nitrogens with zero attached hydrogens (tertiary/aromatic N) is 2. The number of nitro groups is 1. The van der Waals surface area contributed by atoms with Crippen LogP contribution in [0.4, 0.5) is 5.69 Å². The van der Waals surface area contributed by atoms with E-state index in [4.69, 9.17) is 34.8 Å². The van der Waals surface area contributed by atoms with E-state index in [2.05, 4.69) is 4.98 Å². The number of aromatic nitrogens is 1. The molecule has 0 bridgehead atoms. The molecule has 0 saturated heterocycles. The van der Waals surface area contributed by atoms with Crippen LogP contribution in [0, 0.1) is 10.1 Å². The maximum atomic E-state index is 10.3. The van der Waals surface area contributed by atoms with Gasteiger partial charge in [0.1, 0.15) is 5.15 Å². The van der Waals surface area contributed by atoms with Crippen LogP contribution in [0.2, 0.25) is 15.3 Å². The Morgan fingerprint density at radius 1 is 1.33 bits per heavy atom. The third-order valence-electron chi connectivity index (χ3n) is 1.06. The van der Waals surface area contributed by atoms with Crippen molar-refractivity contribution in [2.24, 2.45) is 0 Å². The number of rotatable bonds is 1. The highest BCUT2D eigenvalue weighted by molar-refractivity contribution is 6.42. The first-order chi connectivity index (χ1) is 5.52. The van der Waals surface area contributed by atoms with Gasteiger partial charge in [0.05, 0.1) is 9.95 Å². The van der Waals surface area contributed by atoms with Crippen molar-refractivity contribution < 1.29 is 4.92 Å². The predicted octanol–water partition coefficient (Wildman–Crippen LogP) is 2.95. The Bertz CT molecular complexity index is 342. The summed E-state index contributed by atoms with van der Waals surface area (Å²) in [6.07, 6.45) is 0. The van der Waals surface area contributed by atoms with Gasteiger partial charge in [0.15, 0.2) is 0 Å². The first kappa shape index (κ1) is 9.51. The molecular formula is C5HCl3N2O2. The van der Waals surface area contributed by atoms with Gasteiger partial charge < -0.3 is 0 Å². The van der Waals surface area contributed by atoms with Gasteiger partial charge in [0.25, 0.3) is 0 Å². The van der Waals surface area contributed by atoms with Crippen LogP contribution < -0.4 is 0 Å². The zero-order valence-electron chi connectivity index (χ0n) is 5.42. The molecule has 0 aliphatic heterocycles. The molecule has 64 valence electrons. The topological polar surface area (TPSA) is 56.0 Å². The smallest absolute Gasteiger partial charge is 0.258 e. The Morgan fingerprint density at radius 2 is 1.92 bits per heavy atom. The molecule has 1 aromatic heterocycles. The zero-order chi connectivity index (χ0) is 9.30. The third kappa shape index (κ3) is 1.77. The van der Waals surface area contributed by atoms with E-state index >= 15 is 0 Å². The largest absolute Gasteiger partial charge is 0.308 e. The number of hydrogen-bond acceptors (Lipinski definition) is 3. The molecule has 0 aromatic carbocycles. The summed E-state index contributed by atoms with van der Waals surface area (Å²) >= 11 is 16.3. The zero-order valence-corrected chi connectivity index (χ0v) is 7.69. The fourth-order valence-electron chi connectivity index (χ4n) is 0.564. The Morgan fingerprint density at radius 3 is 2.42 bits per heavy atom. The van der Waals surface area contributed by atoms with Crippen molar-refractivity contribution in [1.29, 1.82) is 0 Å². The molecule has 0 fully saturated rings. The lowest BCUT2D eigenvalue weighted by atomic mass is 10.4. The first-order valence-corrected chi connectivity index (χ1v) is 3.81. The second-order valence-electron chi connectivity index (χ2n) is 1.83. The van der Waals surface area contributed by atoms with Crippen molar-refractivity contribution in [2.45, 2.75) is 0 Å². The summed E-state index contributed by atoms with van der Waals surface area (Å²) < 4.78 is 0. The Labute approximate surface area is 82.2 Å². The average molecular weight is 227 g/mol. The standard InChI is InChI=1S/C5HCl3N2O2/c6-2-1-3(10(11)12)5(8)9-4(2)7/h1H. The van der Waals surface area contributed by atoms with Crippen LogP contribution in [0.3, 0.4) is 0 Å². The van der Waals surface area contributed by atoms with Gasteiger partial charge in [-0.25, -0.2) is 4.98 Å². The minimum Gasteiger partial charge on any atom is -0.258 e. The van der Waals surface area contributed by atoms with Crippen molar-refractivity contribution >= 4 is 40.5 Å². The van der Waals surface area contributed by atoms with Crippen LogP contribution in [0.5, 0.6) is 0 Å². The minimum atomic E-state index is -0.683. The highest BCUT2D eigenvalue weighted by Gasteiger charge is 2.16. The summed E-state index contributed by atoms with van der Waals surface area (Å²) in [4.78, 5) is 13.0. The van der Waals surface area contributed by atoms with Crippen molar-refractivity contribution in [3.8, 4) is 0 Å². The maximum Gasteiger partial charge on any atom is 0.308 e. The molecule has 0 radical (unpaired) electrons. The maximum absolute atomic E-state index is 10.3. The fraction of sp³-hybridized carbons (Fsp3) is 0. The number of halogens is 3. The molecule has 1 rings (SSSR count). The van der Waals surface area contributed by atoms with Gasteiger partial charge in [-0.05, 0) is 0 Å². The lowest BCUT2D eigenvalue weighted by Crippen LogP contribution is -1.91. The SMILES string of the molecule is O=[N+]([O-])c1cc(Cl)c(Cl)nc1Cl. The highest BCUT2D eigenvalue weighted by atomic mass is 35.5. The van der Waals surface area contributed by atoms with Gasteiger partial charge in [-0.15, -0.1) is 0 Å². The Kier molecular flexibility index (Phi) is 2.72. The summed E-state index contributed by atoms with van der Waals surface area (Å²) in [6.45, 7) is 0. The van der Waals surface area contributed by atoms with Crippen molar-refractivity contribution in [2.75, 3.05) is 0 Å². The van der Waals surface area contributed by atoms with E-state index < -0.39 is 4.92 Å². The van der Waals surface area contributed by atoms with Crippen LogP contribution >= 0.6 is 34.8 Å². The molecule has 4 nitrogen and oxygen atoms in total. The summed E-state index contributed by atoms with van der Waals surface area (Å²) in [5, 5.41) is 9.95. The quantitative estimate of drug-likeness (QED) is 0.421. The molecule has 1 heterocycles. The van der Waals surface area contributed by atoms with Gasteiger partial charge in [-0.2, -0.15) is 0 Å². The number of pyridine rings is 1. The highest BCUT2D eigenvalue weighted by Crippen LogP contribution is 2.29. The molecule has 0 spiro atoms. The second-order valence-corrected chi connectivity index (χ2v) is 2.95. The second kappa shape index (κ2) is 3.43. The molecule has 1 aromatic rings. The summed E-state index contributed by atoms with van der Waals surface area (Å²) in [6, 6.07) is 1.05. The van der Waals surface area contributed by atoms with Crippen LogP contribution in [-0.2, 0) is 0 Å². The van der Waals surface area contributed by atoms with Crippen LogP contribution in [0.25, 0.3) is 0 Å². The molecular weight excluding hydrogens is 226 g/mol. The molecule has 0 saturated carbocycles. The van der Waals surface area contributed by atoms with E-state index in [1.54, 1.807) is 0 Å². The van der Waals surface area contributed by atoms with E-state index in [1.165, 1.54) is 0 Å². The molecule has 0 aliphatic carbocycles. The van der Waals surface area contributed by atoms with E-state index in [0.29, 0.717) is 0 Å². The van der Waals surface area contributed by atoms with E-state index in [1.807, 2.05) is 0 Å². The molecule has 7 heteroatoms. The minimum absolute atomic E-state index is 0.00719. The van der Waals surface area contributed by atoms with Crippen LogP contribution in [0.15, 0.2) is 6.07 Å². The monoisotopic (exact) mass is 226 g/mol. The van der Waals surface area contributed by atoms with Gasteiger partial charge in [0.2, 0.25) is 5.15 Å².